The fourth-order valence-electron chi connectivity index (χ4n) is 2.37. The second-order valence-corrected chi connectivity index (χ2v) is 8.29. The summed E-state index contributed by atoms with van der Waals surface area (Å²) in [6.45, 7) is 0. The van der Waals surface area contributed by atoms with Crippen LogP contribution in [0.15, 0.2) is 52.9 Å². The number of carboxylic acids is 1. The summed E-state index contributed by atoms with van der Waals surface area (Å²) in [5.74, 6) is 5.33. The number of nitrogens with zero attached hydrogens (tertiary/aromatic N) is 1. The number of thiazole rings is 1. The summed E-state index contributed by atoms with van der Waals surface area (Å²) in [6, 6.07) is 11.0. The molecule has 3 rings (SSSR count). The van der Waals surface area contributed by atoms with E-state index in [9.17, 15) is 13.2 Å². The molecule has 154 valence electrons. The first-order valence-electron chi connectivity index (χ1n) is 8.38. The Morgan fingerprint density at radius 2 is 1.93 bits per heavy atom. The highest BCUT2D eigenvalue weighted by atomic mass is 32.2. The molecule has 10 heteroatoms. The van der Waals surface area contributed by atoms with Crippen molar-refractivity contribution in [2.24, 2.45) is 0 Å². The highest BCUT2D eigenvalue weighted by molar-refractivity contribution is 7.92. The number of hydrogen-bond donors (Lipinski definition) is 2. The number of anilines is 1. The lowest BCUT2D eigenvalue weighted by atomic mass is 10.2. The molecule has 0 atom stereocenters. The van der Waals surface area contributed by atoms with Crippen LogP contribution >= 0.6 is 11.3 Å². The lowest BCUT2D eigenvalue weighted by Gasteiger charge is -2.11. The first kappa shape index (κ1) is 21.2. The van der Waals surface area contributed by atoms with Crippen molar-refractivity contribution in [3.63, 3.8) is 0 Å². The molecule has 0 saturated carbocycles. The fraction of sp³-hybridized carbons (Fsp3) is 0.100. The number of methoxy groups -OCH3 is 2. The highest BCUT2D eigenvalue weighted by Crippen LogP contribution is 2.28. The number of ether oxygens (including phenoxy) is 2. The van der Waals surface area contributed by atoms with E-state index in [1.54, 1.807) is 31.4 Å². The van der Waals surface area contributed by atoms with E-state index in [2.05, 4.69) is 21.5 Å². The molecule has 0 radical (unpaired) electrons. The minimum Gasteiger partial charge on any atom is -0.497 e. The molecule has 2 N–H and O–H groups in total. The minimum atomic E-state index is -4.02. The second-order valence-electron chi connectivity index (χ2n) is 5.80. The summed E-state index contributed by atoms with van der Waals surface area (Å²) in [5, 5.41) is 10.5. The summed E-state index contributed by atoms with van der Waals surface area (Å²) >= 11 is 1.09. The zero-order chi connectivity index (χ0) is 21.7. The Bertz CT molecular complexity index is 1260. The van der Waals surface area contributed by atoms with Gasteiger partial charge in [0, 0.05) is 10.9 Å². The Labute approximate surface area is 177 Å². The molecule has 1 heterocycles. The van der Waals surface area contributed by atoms with Gasteiger partial charge in [-0.05, 0) is 42.3 Å². The van der Waals surface area contributed by atoms with Gasteiger partial charge in [-0.15, -0.1) is 11.3 Å². The van der Waals surface area contributed by atoms with Crippen molar-refractivity contribution in [3.05, 3.63) is 64.0 Å². The van der Waals surface area contributed by atoms with Crippen molar-refractivity contribution in [1.29, 1.82) is 0 Å². The number of sulfonamides is 1. The smallest absolute Gasteiger partial charge is 0.335 e. The Hall–Kier alpha value is -3.55. The van der Waals surface area contributed by atoms with Crippen LogP contribution in [-0.2, 0) is 10.0 Å². The van der Waals surface area contributed by atoms with Crippen molar-refractivity contribution in [1.82, 2.24) is 4.98 Å². The van der Waals surface area contributed by atoms with Crippen LogP contribution in [0.25, 0.3) is 0 Å². The maximum Gasteiger partial charge on any atom is 0.335 e. The predicted molar refractivity (Wildman–Crippen MR) is 112 cm³/mol. The zero-order valence-corrected chi connectivity index (χ0v) is 17.5. The Balaban J connectivity index is 1.83. The SMILES string of the molecule is COc1cccc(C#Cc2nc(S(=O)(=O)Nc3ccc(C(=O)O)cc3OC)cs2)c1. The lowest BCUT2D eigenvalue weighted by Crippen LogP contribution is -2.14. The molecule has 0 saturated heterocycles. The molecule has 0 aliphatic heterocycles. The molecule has 8 nitrogen and oxygen atoms in total. The number of nitrogens with one attached hydrogen (secondary N) is 1. The molecular formula is C20H16N2O6S2. The molecule has 0 amide bonds. The first-order valence-corrected chi connectivity index (χ1v) is 10.7. The van der Waals surface area contributed by atoms with Crippen molar-refractivity contribution in [2.75, 3.05) is 18.9 Å². The van der Waals surface area contributed by atoms with Gasteiger partial charge < -0.3 is 14.6 Å². The van der Waals surface area contributed by atoms with Crippen LogP contribution in [-0.4, -0.2) is 38.7 Å². The molecule has 0 fully saturated rings. The third-order valence-electron chi connectivity index (χ3n) is 3.83. The molecule has 0 aliphatic carbocycles. The number of benzene rings is 2. The number of hydrogen-bond acceptors (Lipinski definition) is 7. The van der Waals surface area contributed by atoms with E-state index in [0.717, 1.165) is 11.3 Å². The molecule has 0 bridgehead atoms. The maximum absolute atomic E-state index is 12.7. The number of aromatic nitrogens is 1. The van der Waals surface area contributed by atoms with Crippen LogP contribution in [0.3, 0.4) is 0 Å². The Morgan fingerprint density at radius 3 is 2.63 bits per heavy atom. The number of rotatable bonds is 6. The van der Waals surface area contributed by atoms with Gasteiger partial charge in [0.2, 0.25) is 0 Å². The summed E-state index contributed by atoms with van der Waals surface area (Å²) in [5.41, 5.74) is 0.772. The molecule has 30 heavy (non-hydrogen) atoms. The Morgan fingerprint density at radius 1 is 1.13 bits per heavy atom. The van der Waals surface area contributed by atoms with Gasteiger partial charge in [0.05, 0.1) is 25.5 Å². The standard InChI is InChI=1S/C20H16N2O6S2/c1-27-15-5-3-4-13(10-15)6-9-18-21-19(12-29-18)30(25,26)22-16-8-7-14(20(23)24)11-17(16)28-2/h3-5,7-8,10-12,22H,1-2H3,(H,23,24). The second kappa shape index (κ2) is 8.86. The molecule has 0 aliphatic rings. The molecular weight excluding hydrogens is 428 g/mol. The largest absolute Gasteiger partial charge is 0.497 e. The summed E-state index contributed by atoms with van der Waals surface area (Å²) < 4.78 is 37.9. The quantitative estimate of drug-likeness (QED) is 0.562. The summed E-state index contributed by atoms with van der Waals surface area (Å²) in [7, 11) is -1.15. The van der Waals surface area contributed by atoms with Gasteiger partial charge >= 0.3 is 5.97 Å². The van der Waals surface area contributed by atoms with Crippen LogP contribution < -0.4 is 14.2 Å². The van der Waals surface area contributed by atoms with E-state index in [1.807, 2.05) is 0 Å². The lowest BCUT2D eigenvalue weighted by molar-refractivity contribution is 0.0696. The molecule has 1 aromatic heterocycles. The minimum absolute atomic E-state index is 0.0291. The van der Waals surface area contributed by atoms with E-state index >= 15 is 0 Å². The van der Waals surface area contributed by atoms with Crippen LogP contribution in [0.1, 0.15) is 20.9 Å². The highest BCUT2D eigenvalue weighted by Gasteiger charge is 2.20. The number of carbonyl (C=O) groups is 1. The van der Waals surface area contributed by atoms with E-state index < -0.39 is 16.0 Å². The van der Waals surface area contributed by atoms with Crippen LogP contribution in [0.2, 0.25) is 0 Å². The number of aromatic carboxylic acids is 1. The van der Waals surface area contributed by atoms with Gasteiger partial charge in [0.15, 0.2) is 10.0 Å². The van der Waals surface area contributed by atoms with Crippen molar-refractivity contribution in [3.8, 4) is 23.3 Å². The van der Waals surface area contributed by atoms with E-state index in [0.29, 0.717) is 16.3 Å². The topological polar surface area (TPSA) is 115 Å². The molecule has 2 aromatic carbocycles. The molecule has 3 aromatic rings. The van der Waals surface area contributed by atoms with Gasteiger partial charge in [-0.2, -0.15) is 8.42 Å². The van der Waals surface area contributed by atoms with Crippen molar-refractivity contribution in [2.45, 2.75) is 5.03 Å². The predicted octanol–water partition coefficient (Wildman–Crippen LogP) is 3.06. The van der Waals surface area contributed by atoms with Gasteiger partial charge in [0.25, 0.3) is 10.0 Å². The average molecular weight is 444 g/mol. The fourth-order valence-corrected chi connectivity index (χ4v) is 4.38. The van der Waals surface area contributed by atoms with E-state index in [1.165, 1.54) is 30.7 Å². The van der Waals surface area contributed by atoms with E-state index in [-0.39, 0.29) is 22.0 Å². The average Bonchev–Trinajstić information content (AvgIpc) is 3.22. The zero-order valence-electron chi connectivity index (χ0n) is 15.9. The third-order valence-corrected chi connectivity index (χ3v) is 5.99. The van der Waals surface area contributed by atoms with Crippen molar-refractivity contribution < 1.29 is 27.8 Å². The van der Waals surface area contributed by atoms with Crippen LogP contribution in [0.5, 0.6) is 11.5 Å². The van der Waals surface area contributed by atoms with Crippen LogP contribution in [0, 0.1) is 11.8 Å². The summed E-state index contributed by atoms with van der Waals surface area (Å²) in [6.07, 6.45) is 0. The molecule has 0 spiro atoms. The summed E-state index contributed by atoms with van der Waals surface area (Å²) in [4.78, 5) is 15.1. The monoisotopic (exact) mass is 444 g/mol. The van der Waals surface area contributed by atoms with Gasteiger partial charge in [0.1, 0.15) is 11.5 Å². The van der Waals surface area contributed by atoms with E-state index in [4.69, 9.17) is 14.6 Å². The van der Waals surface area contributed by atoms with Crippen molar-refractivity contribution >= 4 is 33.0 Å². The first-order chi connectivity index (χ1) is 14.3. The van der Waals surface area contributed by atoms with Gasteiger partial charge in [-0.25, -0.2) is 9.78 Å². The number of carboxylic acid groups (broad SMARTS) is 1. The maximum atomic E-state index is 12.7. The van der Waals surface area contributed by atoms with Gasteiger partial charge in [-0.1, -0.05) is 12.0 Å². The van der Waals surface area contributed by atoms with Crippen LogP contribution in [0.4, 0.5) is 5.69 Å². The third kappa shape index (κ3) is 4.89. The van der Waals surface area contributed by atoms with Gasteiger partial charge in [-0.3, -0.25) is 4.72 Å². The molecule has 0 unspecified atom stereocenters. The normalized spacial score (nSPS) is 10.6. The Kier molecular flexibility index (Phi) is 6.25.